The summed E-state index contributed by atoms with van der Waals surface area (Å²) in [4.78, 5) is 6.35. The number of rotatable bonds is 7. The van der Waals surface area contributed by atoms with Crippen LogP contribution >= 0.6 is 0 Å². The van der Waals surface area contributed by atoms with E-state index in [1.54, 1.807) is 21.3 Å². The molecule has 0 aliphatic heterocycles. The van der Waals surface area contributed by atoms with E-state index in [9.17, 15) is 0 Å². The highest BCUT2D eigenvalue weighted by Gasteiger charge is 2.13. The largest absolute Gasteiger partial charge is 0.497 e. The van der Waals surface area contributed by atoms with E-state index in [-0.39, 0.29) is 0 Å². The molecule has 0 aliphatic carbocycles. The van der Waals surface area contributed by atoms with Crippen molar-refractivity contribution >= 4 is 5.96 Å². The Labute approximate surface area is 155 Å². The first-order chi connectivity index (χ1) is 12.5. The van der Waals surface area contributed by atoms with Gasteiger partial charge in [0.2, 0.25) is 0 Å². The van der Waals surface area contributed by atoms with E-state index in [1.165, 1.54) is 0 Å². The van der Waals surface area contributed by atoms with Gasteiger partial charge < -0.3 is 24.2 Å². The molecule has 26 heavy (non-hydrogen) atoms. The van der Waals surface area contributed by atoms with Crippen LogP contribution in [0.3, 0.4) is 0 Å². The van der Waals surface area contributed by atoms with Crippen LogP contribution in [0.1, 0.15) is 36.8 Å². The van der Waals surface area contributed by atoms with Crippen molar-refractivity contribution in [1.29, 1.82) is 0 Å². The van der Waals surface area contributed by atoms with Gasteiger partial charge in [0.1, 0.15) is 11.5 Å². The Bertz CT molecular complexity index is 740. The van der Waals surface area contributed by atoms with Crippen molar-refractivity contribution in [2.24, 2.45) is 4.99 Å². The Morgan fingerprint density at radius 3 is 2.62 bits per heavy atom. The van der Waals surface area contributed by atoms with Gasteiger partial charge in [0.05, 0.1) is 26.5 Å². The minimum Gasteiger partial charge on any atom is -0.497 e. The Balaban J connectivity index is 2.01. The average molecular weight is 360 g/mol. The lowest BCUT2D eigenvalue weighted by molar-refractivity contribution is 0.367. The molecule has 0 fully saturated rings. The van der Waals surface area contributed by atoms with Crippen LogP contribution in [0.25, 0.3) is 0 Å². The lowest BCUT2D eigenvalue weighted by atomic mass is 10.1. The monoisotopic (exact) mass is 360 g/mol. The number of hydrogen-bond donors (Lipinski definition) is 1. The Kier molecular flexibility index (Phi) is 6.89. The van der Waals surface area contributed by atoms with Gasteiger partial charge in [-0.05, 0) is 18.1 Å². The van der Waals surface area contributed by atoms with E-state index in [4.69, 9.17) is 14.0 Å². The predicted octanol–water partition coefficient (Wildman–Crippen LogP) is 3.02. The summed E-state index contributed by atoms with van der Waals surface area (Å²) in [6, 6.07) is 7.76. The second-order valence-corrected chi connectivity index (χ2v) is 6.31. The van der Waals surface area contributed by atoms with Crippen molar-refractivity contribution in [1.82, 2.24) is 15.4 Å². The third kappa shape index (κ3) is 4.91. The number of aliphatic imine (C=N–C) groups is 1. The predicted molar refractivity (Wildman–Crippen MR) is 102 cm³/mol. The number of ether oxygens (including phenoxy) is 2. The topological polar surface area (TPSA) is 72.1 Å². The zero-order chi connectivity index (χ0) is 19.1. The van der Waals surface area contributed by atoms with E-state index in [0.717, 1.165) is 34.5 Å². The number of nitrogens with zero attached hydrogens (tertiary/aromatic N) is 3. The molecular weight excluding hydrogens is 332 g/mol. The third-order valence-electron chi connectivity index (χ3n) is 4.06. The number of hydrogen-bond acceptors (Lipinski definition) is 5. The van der Waals surface area contributed by atoms with Gasteiger partial charge in [-0.15, -0.1) is 0 Å². The maximum absolute atomic E-state index is 5.47. The molecule has 0 radical (unpaired) electrons. The van der Waals surface area contributed by atoms with Crippen molar-refractivity contribution in [3.05, 3.63) is 41.3 Å². The van der Waals surface area contributed by atoms with Gasteiger partial charge in [-0.2, -0.15) is 0 Å². The van der Waals surface area contributed by atoms with Crippen LogP contribution in [0.4, 0.5) is 0 Å². The number of guanidine groups is 1. The highest BCUT2D eigenvalue weighted by molar-refractivity contribution is 5.79. The lowest BCUT2D eigenvalue weighted by Crippen LogP contribution is -2.38. The zero-order valence-electron chi connectivity index (χ0n) is 16.4. The van der Waals surface area contributed by atoms with Crippen LogP contribution in [-0.4, -0.2) is 44.3 Å². The molecule has 0 spiro atoms. The van der Waals surface area contributed by atoms with Gasteiger partial charge in [-0.3, -0.25) is 4.99 Å². The molecule has 0 amide bonds. The van der Waals surface area contributed by atoms with Crippen LogP contribution in [-0.2, 0) is 13.1 Å². The second kappa shape index (κ2) is 9.12. The van der Waals surface area contributed by atoms with Crippen molar-refractivity contribution in [2.45, 2.75) is 32.9 Å². The van der Waals surface area contributed by atoms with Crippen molar-refractivity contribution in [2.75, 3.05) is 28.3 Å². The Morgan fingerprint density at radius 1 is 1.27 bits per heavy atom. The Hall–Kier alpha value is -2.70. The highest BCUT2D eigenvalue weighted by Crippen LogP contribution is 2.25. The highest BCUT2D eigenvalue weighted by atomic mass is 16.5. The summed E-state index contributed by atoms with van der Waals surface area (Å²) in [6.45, 7) is 5.34. The Morgan fingerprint density at radius 2 is 2.04 bits per heavy atom. The summed E-state index contributed by atoms with van der Waals surface area (Å²) >= 11 is 0. The molecule has 0 atom stereocenters. The van der Waals surface area contributed by atoms with Crippen LogP contribution in [0.5, 0.6) is 11.5 Å². The number of methoxy groups -OCH3 is 2. The molecule has 142 valence electrons. The number of nitrogens with one attached hydrogen (secondary N) is 1. The smallest absolute Gasteiger partial charge is 0.194 e. The molecule has 7 heteroatoms. The average Bonchev–Trinajstić information content (AvgIpc) is 3.12. The molecule has 1 N–H and O–H groups in total. The zero-order valence-corrected chi connectivity index (χ0v) is 16.4. The summed E-state index contributed by atoms with van der Waals surface area (Å²) in [7, 11) is 7.02. The van der Waals surface area contributed by atoms with Gasteiger partial charge in [-0.25, -0.2) is 0 Å². The molecule has 1 aromatic carbocycles. The molecule has 0 bridgehead atoms. The minimum absolute atomic E-state index is 0.344. The molecule has 0 saturated heterocycles. The summed E-state index contributed by atoms with van der Waals surface area (Å²) in [5, 5.41) is 7.37. The fraction of sp³-hybridized carbons (Fsp3) is 0.474. The summed E-state index contributed by atoms with van der Waals surface area (Å²) in [5.74, 6) is 3.43. The minimum atomic E-state index is 0.344. The molecule has 1 heterocycles. The normalized spacial score (nSPS) is 11.6. The maximum atomic E-state index is 5.47. The van der Waals surface area contributed by atoms with Gasteiger partial charge in [-0.1, -0.05) is 19.0 Å². The van der Waals surface area contributed by atoms with E-state index in [0.29, 0.717) is 19.0 Å². The van der Waals surface area contributed by atoms with Gasteiger partial charge in [0, 0.05) is 38.3 Å². The third-order valence-corrected chi connectivity index (χ3v) is 4.06. The standard InChI is InChI=1S/C19H28N4O3/c1-13(2)17-9-16(26-22-17)11-21-19(20-3)23(4)12-14-7-8-15(24-5)10-18(14)25-6/h7-10,13H,11-12H2,1-6H3,(H,20,21). The van der Waals surface area contributed by atoms with Crippen molar-refractivity contribution in [3.63, 3.8) is 0 Å². The van der Waals surface area contributed by atoms with E-state index in [1.807, 2.05) is 36.2 Å². The fourth-order valence-corrected chi connectivity index (χ4v) is 2.55. The SMILES string of the molecule is CN=C(NCc1cc(C(C)C)no1)N(C)Cc1ccc(OC)cc1OC. The van der Waals surface area contributed by atoms with Crippen molar-refractivity contribution in [3.8, 4) is 11.5 Å². The first kappa shape index (κ1) is 19.6. The number of aromatic nitrogens is 1. The first-order valence-electron chi connectivity index (χ1n) is 8.56. The molecule has 2 rings (SSSR count). The molecule has 7 nitrogen and oxygen atoms in total. The van der Waals surface area contributed by atoms with Gasteiger partial charge in [0.15, 0.2) is 11.7 Å². The molecule has 1 aromatic heterocycles. The van der Waals surface area contributed by atoms with Gasteiger partial charge in [0.25, 0.3) is 0 Å². The summed E-state index contributed by atoms with van der Waals surface area (Å²) in [6.07, 6.45) is 0. The van der Waals surface area contributed by atoms with Crippen LogP contribution in [0, 0.1) is 0 Å². The van der Waals surface area contributed by atoms with E-state index < -0.39 is 0 Å². The molecule has 0 saturated carbocycles. The lowest BCUT2D eigenvalue weighted by Gasteiger charge is -2.23. The van der Waals surface area contributed by atoms with E-state index in [2.05, 4.69) is 29.3 Å². The fourth-order valence-electron chi connectivity index (χ4n) is 2.55. The van der Waals surface area contributed by atoms with E-state index >= 15 is 0 Å². The van der Waals surface area contributed by atoms with Crippen molar-refractivity contribution < 1.29 is 14.0 Å². The molecule has 0 unspecified atom stereocenters. The molecular formula is C19H28N4O3. The van der Waals surface area contributed by atoms with Crippen LogP contribution < -0.4 is 14.8 Å². The molecule has 2 aromatic rings. The first-order valence-corrected chi connectivity index (χ1v) is 8.56. The second-order valence-electron chi connectivity index (χ2n) is 6.31. The quantitative estimate of drug-likeness (QED) is 0.604. The van der Waals surface area contributed by atoms with Crippen LogP contribution in [0.2, 0.25) is 0 Å². The van der Waals surface area contributed by atoms with Gasteiger partial charge >= 0.3 is 0 Å². The number of benzene rings is 1. The maximum Gasteiger partial charge on any atom is 0.194 e. The molecule has 0 aliphatic rings. The summed E-state index contributed by atoms with van der Waals surface area (Å²) in [5.41, 5.74) is 1.99. The summed E-state index contributed by atoms with van der Waals surface area (Å²) < 4.78 is 16.1. The van der Waals surface area contributed by atoms with Crippen LogP contribution in [0.15, 0.2) is 33.8 Å².